The highest BCUT2D eigenvalue weighted by atomic mass is 16.6. The second-order valence-corrected chi connectivity index (χ2v) is 6.19. The standard InChI is InChI=1S/C17H24O4/c1-10-5-7-14-12(3)17(19)21-16(14)9-11(2)15(8-6-10)20-13(4)18/h6,9,12,14-16H,5,7-8H2,1-4H3/b10-6+,11-9+/t12-,14-,15-,16-/m0/s1. The molecule has 116 valence electrons. The number of rotatable bonds is 1. The van der Waals surface area contributed by atoms with Crippen molar-refractivity contribution >= 4 is 11.9 Å². The predicted octanol–water partition coefficient (Wildman–Crippen LogP) is 3.17. The van der Waals surface area contributed by atoms with Gasteiger partial charge in [-0.15, -0.1) is 0 Å². The van der Waals surface area contributed by atoms with Crippen molar-refractivity contribution in [2.45, 2.75) is 59.2 Å². The fourth-order valence-corrected chi connectivity index (χ4v) is 3.06. The van der Waals surface area contributed by atoms with Crippen LogP contribution in [-0.2, 0) is 19.1 Å². The van der Waals surface area contributed by atoms with E-state index in [-0.39, 0.29) is 36.0 Å². The van der Waals surface area contributed by atoms with Crippen LogP contribution in [0.25, 0.3) is 0 Å². The summed E-state index contributed by atoms with van der Waals surface area (Å²) in [5, 5.41) is 0. The number of hydrogen-bond acceptors (Lipinski definition) is 4. The van der Waals surface area contributed by atoms with Crippen LogP contribution in [0.1, 0.15) is 47.0 Å². The summed E-state index contributed by atoms with van der Waals surface area (Å²) in [6.45, 7) is 7.38. The van der Waals surface area contributed by atoms with Gasteiger partial charge in [0.05, 0.1) is 5.92 Å². The molecule has 1 aliphatic carbocycles. The number of fused-ring (bicyclic) bond motifs is 1. The zero-order valence-electron chi connectivity index (χ0n) is 13.2. The fraction of sp³-hybridized carbons (Fsp3) is 0.647. The van der Waals surface area contributed by atoms with Crippen LogP contribution in [0, 0.1) is 11.8 Å². The molecule has 0 unspecified atom stereocenters. The van der Waals surface area contributed by atoms with Crippen LogP contribution < -0.4 is 0 Å². The van der Waals surface area contributed by atoms with Crippen molar-refractivity contribution in [1.82, 2.24) is 0 Å². The molecule has 0 aromatic rings. The lowest BCUT2D eigenvalue weighted by molar-refractivity contribution is -0.145. The molecule has 4 nitrogen and oxygen atoms in total. The molecule has 2 aliphatic rings. The summed E-state index contributed by atoms with van der Waals surface area (Å²) >= 11 is 0. The number of carbonyl (C=O) groups excluding carboxylic acids is 2. The quantitative estimate of drug-likeness (QED) is 0.550. The van der Waals surface area contributed by atoms with Gasteiger partial charge in [0, 0.05) is 19.3 Å². The van der Waals surface area contributed by atoms with Crippen molar-refractivity contribution in [2.24, 2.45) is 11.8 Å². The molecule has 0 bridgehead atoms. The van der Waals surface area contributed by atoms with Gasteiger partial charge < -0.3 is 9.47 Å². The molecular formula is C17H24O4. The number of ether oxygens (including phenoxy) is 2. The van der Waals surface area contributed by atoms with Gasteiger partial charge in [-0.25, -0.2) is 0 Å². The number of esters is 2. The summed E-state index contributed by atoms with van der Waals surface area (Å²) in [5.41, 5.74) is 2.22. The summed E-state index contributed by atoms with van der Waals surface area (Å²) in [5.74, 6) is -0.284. The maximum atomic E-state index is 11.8. The van der Waals surface area contributed by atoms with Crippen molar-refractivity contribution < 1.29 is 19.1 Å². The molecule has 0 aromatic carbocycles. The normalized spacial score (nSPS) is 38.4. The van der Waals surface area contributed by atoms with Gasteiger partial charge >= 0.3 is 11.9 Å². The van der Waals surface area contributed by atoms with Crippen molar-refractivity contribution in [2.75, 3.05) is 0 Å². The Bertz CT molecular complexity index is 489. The molecule has 1 heterocycles. The van der Waals surface area contributed by atoms with Gasteiger partial charge in [0.15, 0.2) is 0 Å². The highest BCUT2D eigenvalue weighted by molar-refractivity contribution is 5.75. The molecule has 0 radical (unpaired) electrons. The SMILES string of the molecule is CC(=O)O[C@H]1C/C=C(\C)CC[C@@H]2[C@H](/C=C/1C)OC(=O)[C@H]2C. The maximum Gasteiger partial charge on any atom is 0.309 e. The largest absolute Gasteiger partial charge is 0.458 e. The highest BCUT2D eigenvalue weighted by Crippen LogP contribution is 2.35. The van der Waals surface area contributed by atoms with Gasteiger partial charge in [-0.1, -0.05) is 18.6 Å². The molecule has 4 atom stereocenters. The molecule has 4 heteroatoms. The van der Waals surface area contributed by atoms with E-state index in [1.54, 1.807) is 0 Å². The monoisotopic (exact) mass is 292 g/mol. The highest BCUT2D eigenvalue weighted by Gasteiger charge is 2.40. The van der Waals surface area contributed by atoms with Gasteiger partial charge in [-0.05, 0) is 38.3 Å². The van der Waals surface area contributed by atoms with Crippen LogP contribution >= 0.6 is 0 Å². The topological polar surface area (TPSA) is 52.6 Å². The molecule has 1 saturated heterocycles. The Hall–Kier alpha value is -1.58. The Morgan fingerprint density at radius 3 is 2.76 bits per heavy atom. The molecule has 21 heavy (non-hydrogen) atoms. The molecule has 0 saturated carbocycles. The molecular weight excluding hydrogens is 268 g/mol. The lowest BCUT2D eigenvalue weighted by Gasteiger charge is -2.23. The Kier molecular flexibility index (Phi) is 4.86. The molecule has 2 rings (SSSR count). The van der Waals surface area contributed by atoms with E-state index in [0.29, 0.717) is 6.42 Å². The first-order chi connectivity index (χ1) is 9.88. The van der Waals surface area contributed by atoms with E-state index in [4.69, 9.17) is 9.47 Å². The summed E-state index contributed by atoms with van der Waals surface area (Å²) < 4.78 is 10.9. The van der Waals surface area contributed by atoms with Crippen LogP contribution in [0.15, 0.2) is 23.3 Å². The molecule has 0 spiro atoms. The van der Waals surface area contributed by atoms with Gasteiger partial charge in [-0.3, -0.25) is 9.59 Å². The zero-order valence-corrected chi connectivity index (χ0v) is 13.2. The molecule has 1 fully saturated rings. The third-order valence-electron chi connectivity index (χ3n) is 4.48. The van der Waals surface area contributed by atoms with E-state index in [0.717, 1.165) is 18.4 Å². The first-order valence-electron chi connectivity index (χ1n) is 7.60. The van der Waals surface area contributed by atoms with Gasteiger partial charge in [0.25, 0.3) is 0 Å². The number of allylic oxidation sites excluding steroid dienone is 1. The first kappa shape index (κ1) is 15.8. The van der Waals surface area contributed by atoms with E-state index < -0.39 is 0 Å². The van der Waals surface area contributed by atoms with Crippen molar-refractivity contribution in [3.63, 3.8) is 0 Å². The Labute approximate surface area is 126 Å². The molecule has 0 N–H and O–H groups in total. The Balaban J connectivity index is 2.28. The van der Waals surface area contributed by atoms with Gasteiger partial charge in [0.2, 0.25) is 0 Å². The number of hydrogen-bond donors (Lipinski definition) is 0. The minimum absolute atomic E-state index is 0.0709. The van der Waals surface area contributed by atoms with Crippen molar-refractivity contribution in [3.8, 4) is 0 Å². The zero-order chi connectivity index (χ0) is 15.6. The summed E-state index contributed by atoms with van der Waals surface area (Å²) in [7, 11) is 0. The minimum Gasteiger partial charge on any atom is -0.458 e. The van der Waals surface area contributed by atoms with E-state index in [2.05, 4.69) is 13.0 Å². The van der Waals surface area contributed by atoms with Crippen LogP contribution in [0.5, 0.6) is 0 Å². The van der Waals surface area contributed by atoms with Crippen LogP contribution in [-0.4, -0.2) is 24.1 Å². The second-order valence-electron chi connectivity index (χ2n) is 6.19. The van der Waals surface area contributed by atoms with E-state index in [9.17, 15) is 9.59 Å². The van der Waals surface area contributed by atoms with E-state index in [1.807, 2.05) is 19.9 Å². The Morgan fingerprint density at radius 1 is 1.38 bits per heavy atom. The lowest BCUT2D eigenvalue weighted by atomic mass is 9.84. The number of carbonyl (C=O) groups is 2. The summed E-state index contributed by atoms with van der Waals surface area (Å²) in [6.07, 6.45) is 6.20. The molecule has 1 aliphatic heterocycles. The van der Waals surface area contributed by atoms with Crippen LogP contribution in [0.4, 0.5) is 0 Å². The fourth-order valence-electron chi connectivity index (χ4n) is 3.06. The third-order valence-corrected chi connectivity index (χ3v) is 4.48. The minimum atomic E-state index is -0.288. The van der Waals surface area contributed by atoms with Crippen LogP contribution in [0.3, 0.4) is 0 Å². The third kappa shape index (κ3) is 3.74. The van der Waals surface area contributed by atoms with Crippen molar-refractivity contribution in [1.29, 1.82) is 0 Å². The summed E-state index contributed by atoms with van der Waals surface area (Å²) in [4.78, 5) is 23.1. The molecule has 0 amide bonds. The predicted molar refractivity (Wildman–Crippen MR) is 79.5 cm³/mol. The van der Waals surface area contributed by atoms with E-state index >= 15 is 0 Å². The summed E-state index contributed by atoms with van der Waals surface area (Å²) in [6, 6.07) is 0. The van der Waals surface area contributed by atoms with Crippen LogP contribution in [0.2, 0.25) is 0 Å². The van der Waals surface area contributed by atoms with Crippen molar-refractivity contribution in [3.05, 3.63) is 23.3 Å². The maximum absolute atomic E-state index is 11.8. The van der Waals surface area contributed by atoms with Gasteiger partial charge in [0.1, 0.15) is 12.2 Å². The average molecular weight is 292 g/mol. The smallest absolute Gasteiger partial charge is 0.309 e. The van der Waals surface area contributed by atoms with Gasteiger partial charge in [-0.2, -0.15) is 0 Å². The molecule has 0 aromatic heterocycles. The van der Waals surface area contributed by atoms with E-state index in [1.165, 1.54) is 12.5 Å². The second kappa shape index (κ2) is 6.46. The first-order valence-corrected chi connectivity index (χ1v) is 7.60. The lowest BCUT2D eigenvalue weighted by Crippen LogP contribution is -2.23. The average Bonchev–Trinajstić information content (AvgIpc) is 2.66. The Morgan fingerprint density at radius 2 is 2.10 bits per heavy atom.